The van der Waals surface area contributed by atoms with Crippen molar-refractivity contribution in [1.82, 2.24) is 10.2 Å². The van der Waals surface area contributed by atoms with Crippen LogP contribution in [0.3, 0.4) is 0 Å². The maximum atomic E-state index is 12.1. The summed E-state index contributed by atoms with van der Waals surface area (Å²) in [5.41, 5.74) is -0.585. The fourth-order valence-electron chi connectivity index (χ4n) is 1.86. The molecule has 138 valence electrons. The summed E-state index contributed by atoms with van der Waals surface area (Å²) >= 11 is 0. The molecule has 0 aromatic carbocycles. The van der Waals surface area contributed by atoms with Gasteiger partial charge in [0.05, 0.1) is 5.60 Å². The van der Waals surface area contributed by atoms with Crippen molar-refractivity contribution in [2.24, 2.45) is 0 Å². The first-order valence-electron chi connectivity index (χ1n) is 8.40. The van der Waals surface area contributed by atoms with Crippen LogP contribution in [0.25, 0.3) is 0 Å². The highest BCUT2D eigenvalue weighted by molar-refractivity contribution is 5.94. The Balaban J connectivity index is 4.33. The molecular formula is C18H32N2O4. The zero-order chi connectivity index (χ0) is 18.8. The van der Waals surface area contributed by atoms with Crippen LogP contribution in [-0.4, -0.2) is 47.4 Å². The standard InChI is InChI=1S/C18H32N2O4/c1-7-9-16(23)20(14-21)12-10-15(22)19-17(3,4)11-13-24-18(5,6)8-2/h7,9,14H,8,10-13H2,1-6H3,(H,19,22)/b9-7-. The van der Waals surface area contributed by atoms with Crippen LogP contribution in [0.15, 0.2) is 12.2 Å². The van der Waals surface area contributed by atoms with Crippen LogP contribution in [0.5, 0.6) is 0 Å². The second-order valence-corrected chi connectivity index (χ2v) is 7.03. The number of hydrogen-bond donors (Lipinski definition) is 1. The largest absolute Gasteiger partial charge is 0.375 e. The summed E-state index contributed by atoms with van der Waals surface area (Å²) in [5.74, 6) is -0.621. The fraction of sp³-hybridized carbons (Fsp3) is 0.722. The third kappa shape index (κ3) is 9.45. The predicted octanol–water partition coefficient (Wildman–Crippen LogP) is 2.43. The average Bonchev–Trinajstić information content (AvgIpc) is 2.47. The number of hydrogen-bond acceptors (Lipinski definition) is 4. The minimum absolute atomic E-state index is 0.0634. The van der Waals surface area contributed by atoms with Gasteiger partial charge < -0.3 is 10.1 Å². The van der Waals surface area contributed by atoms with E-state index < -0.39 is 11.4 Å². The molecule has 0 rings (SSSR count). The lowest BCUT2D eigenvalue weighted by Gasteiger charge is -2.30. The van der Waals surface area contributed by atoms with Crippen LogP contribution in [0.2, 0.25) is 0 Å². The van der Waals surface area contributed by atoms with Crippen LogP contribution >= 0.6 is 0 Å². The highest BCUT2D eigenvalue weighted by Crippen LogP contribution is 2.16. The van der Waals surface area contributed by atoms with E-state index in [-0.39, 0.29) is 24.5 Å². The lowest BCUT2D eigenvalue weighted by molar-refractivity contribution is -0.134. The topological polar surface area (TPSA) is 75.7 Å². The Hall–Kier alpha value is -1.69. The zero-order valence-electron chi connectivity index (χ0n) is 15.8. The normalized spacial score (nSPS) is 12.2. The molecule has 0 aromatic rings. The number of carbonyl (C=O) groups is 3. The molecule has 24 heavy (non-hydrogen) atoms. The van der Waals surface area contributed by atoms with E-state index in [2.05, 4.69) is 12.2 Å². The Labute approximate surface area is 145 Å². The van der Waals surface area contributed by atoms with E-state index in [1.54, 1.807) is 13.0 Å². The molecule has 0 radical (unpaired) electrons. The highest BCUT2D eigenvalue weighted by atomic mass is 16.5. The molecule has 0 unspecified atom stereocenters. The predicted molar refractivity (Wildman–Crippen MR) is 94.4 cm³/mol. The van der Waals surface area contributed by atoms with Crippen molar-refractivity contribution in [1.29, 1.82) is 0 Å². The minimum atomic E-state index is -0.422. The van der Waals surface area contributed by atoms with Crippen molar-refractivity contribution in [3.63, 3.8) is 0 Å². The SMILES string of the molecule is C/C=C\C(=O)N(C=O)CCC(=O)NC(C)(C)CCOC(C)(C)CC. The van der Waals surface area contributed by atoms with Gasteiger partial charge >= 0.3 is 0 Å². The monoisotopic (exact) mass is 340 g/mol. The molecule has 0 saturated heterocycles. The van der Waals surface area contributed by atoms with Crippen molar-refractivity contribution >= 4 is 18.2 Å². The summed E-state index contributed by atoms with van der Waals surface area (Å²) in [5, 5.41) is 2.92. The van der Waals surface area contributed by atoms with E-state index in [0.29, 0.717) is 19.4 Å². The highest BCUT2D eigenvalue weighted by Gasteiger charge is 2.23. The maximum Gasteiger partial charge on any atom is 0.252 e. The van der Waals surface area contributed by atoms with Gasteiger partial charge in [0.2, 0.25) is 12.3 Å². The Bertz CT molecular complexity index is 456. The van der Waals surface area contributed by atoms with Gasteiger partial charge in [0, 0.05) is 25.1 Å². The maximum absolute atomic E-state index is 12.1. The Morgan fingerprint density at radius 2 is 1.83 bits per heavy atom. The van der Waals surface area contributed by atoms with E-state index in [0.717, 1.165) is 11.3 Å². The van der Waals surface area contributed by atoms with Crippen LogP contribution in [-0.2, 0) is 19.1 Å². The number of ether oxygens (including phenoxy) is 1. The second-order valence-electron chi connectivity index (χ2n) is 7.03. The van der Waals surface area contributed by atoms with E-state index >= 15 is 0 Å². The van der Waals surface area contributed by atoms with Gasteiger partial charge in [-0.15, -0.1) is 0 Å². The smallest absolute Gasteiger partial charge is 0.252 e. The molecule has 0 aliphatic carbocycles. The van der Waals surface area contributed by atoms with Gasteiger partial charge in [0.25, 0.3) is 5.91 Å². The van der Waals surface area contributed by atoms with Crippen LogP contribution in [0, 0.1) is 0 Å². The second kappa shape index (κ2) is 10.2. The molecule has 0 spiro atoms. The van der Waals surface area contributed by atoms with Gasteiger partial charge in [-0.25, -0.2) is 0 Å². The molecule has 0 aliphatic heterocycles. The van der Waals surface area contributed by atoms with E-state index in [4.69, 9.17) is 4.74 Å². The summed E-state index contributed by atoms with van der Waals surface area (Å²) in [6.07, 6.45) is 4.97. The van der Waals surface area contributed by atoms with Crippen molar-refractivity contribution < 1.29 is 19.1 Å². The number of amides is 3. The number of carbonyl (C=O) groups excluding carboxylic acids is 3. The van der Waals surface area contributed by atoms with E-state index in [9.17, 15) is 14.4 Å². The van der Waals surface area contributed by atoms with E-state index in [1.807, 2.05) is 27.7 Å². The van der Waals surface area contributed by atoms with Crippen LogP contribution in [0.4, 0.5) is 0 Å². The van der Waals surface area contributed by atoms with Gasteiger partial charge in [-0.05, 0) is 53.5 Å². The molecule has 0 saturated carbocycles. The molecule has 0 fully saturated rings. The first-order chi connectivity index (χ1) is 11.1. The van der Waals surface area contributed by atoms with Crippen molar-refractivity contribution in [2.75, 3.05) is 13.2 Å². The molecule has 0 bridgehead atoms. The Kier molecular flexibility index (Phi) is 9.51. The van der Waals surface area contributed by atoms with Gasteiger partial charge in [0.15, 0.2) is 0 Å². The Morgan fingerprint density at radius 3 is 2.33 bits per heavy atom. The average molecular weight is 340 g/mol. The van der Waals surface area contributed by atoms with Crippen molar-refractivity contribution in [2.45, 2.75) is 71.9 Å². The number of allylic oxidation sites excluding steroid dienone is 1. The van der Waals surface area contributed by atoms with Gasteiger partial charge in [-0.3, -0.25) is 19.3 Å². The summed E-state index contributed by atoms with van der Waals surface area (Å²) < 4.78 is 5.81. The van der Waals surface area contributed by atoms with Crippen molar-refractivity contribution in [3.8, 4) is 0 Å². The summed E-state index contributed by atoms with van der Waals surface area (Å²) in [4.78, 5) is 35.5. The van der Waals surface area contributed by atoms with Crippen LogP contribution < -0.4 is 5.32 Å². The minimum Gasteiger partial charge on any atom is -0.375 e. The lowest BCUT2D eigenvalue weighted by Crippen LogP contribution is -2.45. The molecule has 6 heteroatoms. The molecule has 3 amide bonds. The van der Waals surface area contributed by atoms with Gasteiger partial charge in [-0.2, -0.15) is 0 Å². The first-order valence-corrected chi connectivity index (χ1v) is 8.40. The third-order valence-corrected chi connectivity index (χ3v) is 3.85. The van der Waals surface area contributed by atoms with Crippen LogP contribution in [0.1, 0.15) is 60.8 Å². The molecule has 0 atom stereocenters. The quantitative estimate of drug-likeness (QED) is 0.463. The number of nitrogens with zero attached hydrogens (tertiary/aromatic N) is 1. The number of imide groups is 1. The summed E-state index contributed by atoms with van der Waals surface area (Å²) in [7, 11) is 0. The molecule has 0 aliphatic rings. The Morgan fingerprint density at radius 1 is 1.21 bits per heavy atom. The molecule has 6 nitrogen and oxygen atoms in total. The third-order valence-electron chi connectivity index (χ3n) is 3.85. The molecule has 0 aromatic heterocycles. The van der Waals surface area contributed by atoms with Crippen molar-refractivity contribution in [3.05, 3.63) is 12.2 Å². The summed E-state index contributed by atoms with van der Waals surface area (Å²) in [6, 6.07) is 0. The van der Waals surface area contributed by atoms with Gasteiger partial charge in [0.1, 0.15) is 0 Å². The fourth-order valence-corrected chi connectivity index (χ4v) is 1.86. The van der Waals surface area contributed by atoms with Gasteiger partial charge in [-0.1, -0.05) is 13.0 Å². The summed E-state index contributed by atoms with van der Waals surface area (Å²) in [6.45, 7) is 12.3. The zero-order valence-corrected chi connectivity index (χ0v) is 15.8. The first kappa shape index (κ1) is 22.3. The van der Waals surface area contributed by atoms with E-state index in [1.165, 1.54) is 6.08 Å². The molecule has 0 heterocycles. The lowest BCUT2D eigenvalue weighted by atomic mass is 10.0. The molecular weight excluding hydrogens is 308 g/mol. The number of nitrogens with one attached hydrogen (secondary N) is 1. The molecule has 1 N–H and O–H groups in total. The number of rotatable bonds is 11.